The van der Waals surface area contributed by atoms with Crippen LogP contribution in [0.5, 0.6) is 0 Å². The third-order valence-corrected chi connectivity index (χ3v) is 5.59. The second-order valence-electron chi connectivity index (χ2n) is 9.58. The first kappa shape index (κ1) is 26.7. The number of rotatable bonds is 7. The largest absolute Gasteiger partial charge is 0.444 e. The predicted octanol–water partition coefficient (Wildman–Crippen LogP) is 2.32. The van der Waals surface area contributed by atoms with E-state index in [1.165, 1.54) is 0 Å². The highest BCUT2D eigenvalue weighted by atomic mass is 16.7. The van der Waals surface area contributed by atoms with Crippen molar-refractivity contribution in [3.05, 3.63) is 35.9 Å². The lowest BCUT2D eigenvalue weighted by atomic mass is 10.1. The van der Waals surface area contributed by atoms with E-state index in [4.69, 9.17) is 19.1 Å². The molecular weight excluding hydrogens is 456 g/mol. The number of urea groups is 1. The van der Waals surface area contributed by atoms with Gasteiger partial charge in [-0.15, -0.1) is 0 Å². The van der Waals surface area contributed by atoms with Crippen molar-refractivity contribution < 1.29 is 33.5 Å². The summed E-state index contributed by atoms with van der Waals surface area (Å²) in [7, 11) is 0. The van der Waals surface area contributed by atoms with Gasteiger partial charge in [-0.1, -0.05) is 30.3 Å². The Morgan fingerprint density at radius 2 is 1.97 bits per heavy atom. The van der Waals surface area contributed by atoms with Crippen molar-refractivity contribution in [2.24, 2.45) is 0 Å². The minimum atomic E-state index is -0.513. The number of ether oxygens (including phenoxy) is 2. The van der Waals surface area contributed by atoms with Crippen LogP contribution in [0.25, 0.3) is 0 Å². The first-order chi connectivity index (χ1) is 16.8. The van der Waals surface area contributed by atoms with E-state index in [1.807, 2.05) is 56.0 Å². The highest BCUT2D eigenvalue weighted by Gasteiger charge is 2.40. The van der Waals surface area contributed by atoms with Crippen LogP contribution in [0.2, 0.25) is 0 Å². The zero-order chi connectivity index (χ0) is 25.3. The third-order valence-electron chi connectivity index (χ3n) is 5.59. The van der Waals surface area contributed by atoms with Gasteiger partial charge in [-0.05, 0) is 39.2 Å². The Hall–Kier alpha value is -2.89. The van der Waals surface area contributed by atoms with Gasteiger partial charge in [0.05, 0.1) is 19.2 Å². The van der Waals surface area contributed by atoms with Gasteiger partial charge < -0.3 is 19.3 Å². The molecular formula is C24H36N4O7. The van der Waals surface area contributed by atoms with E-state index in [1.54, 1.807) is 9.96 Å². The summed E-state index contributed by atoms with van der Waals surface area (Å²) < 4.78 is 10.7. The number of hydrogen-bond donors (Lipinski definition) is 1. The highest BCUT2D eigenvalue weighted by molar-refractivity contribution is 5.76. The lowest BCUT2D eigenvalue weighted by molar-refractivity contribution is -0.140. The summed E-state index contributed by atoms with van der Waals surface area (Å²) in [5.41, 5.74) is 2.66. The molecule has 0 spiro atoms. The number of piperidine rings is 1. The van der Waals surface area contributed by atoms with Crippen LogP contribution >= 0.6 is 0 Å². The van der Waals surface area contributed by atoms with Crippen molar-refractivity contribution in [1.82, 2.24) is 20.3 Å². The van der Waals surface area contributed by atoms with E-state index in [2.05, 4.69) is 5.48 Å². The van der Waals surface area contributed by atoms with E-state index in [0.717, 1.165) is 31.5 Å². The predicted molar refractivity (Wildman–Crippen MR) is 126 cm³/mol. The van der Waals surface area contributed by atoms with E-state index in [9.17, 15) is 14.4 Å². The highest BCUT2D eigenvalue weighted by Crippen LogP contribution is 2.26. The van der Waals surface area contributed by atoms with E-state index in [-0.39, 0.29) is 30.9 Å². The number of fused-ring (bicyclic) bond motifs is 2. The molecule has 0 saturated carbocycles. The van der Waals surface area contributed by atoms with Gasteiger partial charge in [-0.3, -0.25) is 14.5 Å². The lowest BCUT2D eigenvalue weighted by Gasteiger charge is -2.33. The summed E-state index contributed by atoms with van der Waals surface area (Å²) in [6, 6.07) is 10.2. The molecule has 2 atom stereocenters. The van der Waals surface area contributed by atoms with Crippen molar-refractivity contribution >= 4 is 18.5 Å². The molecule has 2 bridgehead atoms. The van der Waals surface area contributed by atoms with Crippen LogP contribution in [0.1, 0.15) is 39.2 Å². The average Bonchev–Trinajstić information content (AvgIpc) is 3.05. The SMILES string of the molecule is CC(C)(C)OC(=O)N1CCOC(CONC=O)C1.O=C1N2CCCC(C2)N1OCc1ccccc1. The van der Waals surface area contributed by atoms with Crippen LogP contribution in [0.4, 0.5) is 9.59 Å². The molecule has 3 fully saturated rings. The molecule has 1 N–H and O–H groups in total. The Kier molecular flexibility index (Phi) is 9.70. The standard InChI is InChI=1S/C13H16N2O2.C11H20N2O5/c16-13-14-8-4-7-12(9-14)15(13)17-10-11-5-2-1-3-6-11;1-11(2,3)18-10(15)13-4-5-16-9(6-13)7-17-12-8-14/h1-3,5-6,12H,4,7-10H2;8-9H,4-7H2,1-3H3,(H,12,14). The molecule has 11 nitrogen and oxygen atoms in total. The summed E-state index contributed by atoms with van der Waals surface area (Å²) >= 11 is 0. The van der Waals surface area contributed by atoms with E-state index >= 15 is 0 Å². The Labute approximate surface area is 206 Å². The monoisotopic (exact) mass is 492 g/mol. The number of hydrogen-bond acceptors (Lipinski definition) is 7. The summed E-state index contributed by atoms with van der Waals surface area (Å²) in [6.45, 7) is 9.12. The molecule has 4 rings (SSSR count). The lowest BCUT2D eigenvalue weighted by Crippen LogP contribution is -2.49. The van der Waals surface area contributed by atoms with Crippen molar-refractivity contribution in [3.63, 3.8) is 0 Å². The molecule has 0 radical (unpaired) electrons. The molecule has 0 aromatic heterocycles. The van der Waals surface area contributed by atoms with Gasteiger partial charge in [0.25, 0.3) is 0 Å². The molecule has 2 unspecified atom stereocenters. The minimum absolute atomic E-state index is 0.0310. The van der Waals surface area contributed by atoms with Crippen LogP contribution in [0, 0.1) is 0 Å². The van der Waals surface area contributed by atoms with E-state index in [0.29, 0.717) is 32.7 Å². The number of hydroxylamine groups is 3. The number of carbonyl (C=O) groups is 3. The fourth-order valence-electron chi connectivity index (χ4n) is 3.98. The minimum Gasteiger partial charge on any atom is -0.444 e. The Balaban J connectivity index is 0.000000196. The van der Waals surface area contributed by atoms with Crippen molar-refractivity contribution in [1.29, 1.82) is 0 Å². The van der Waals surface area contributed by atoms with Gasteiger partial charge in [0.2, 0.25) is 6.41 Å². The molecule has 4 amide bonds. The van der Waals surface area contributed by atoms with Crippen LogP contribution in [-0.2, 0) is 30.6 Å². The summed E-state index contributed by atoms with van der Waals surface area (Å²) in [5, 5.41) is 1.57. The average molecular weight is 493 g/mol. The molecule has 1 aromatic carbocycles. The second kappa shape index (κ2) is 12.7. The summed E-state index contributed by atoms with van der Waals surface area (Å²) in [4.78, 5) is 47.7. The summed E-state index contributed by atoms with van der Waals surface area (Å²) in [6.07, 6.45) is 1.95. The Morgan fingerprint density at radius 3 is 2.66 bits per heavy atom. The first-order valence-corrected chi connectivity index (χ1v) is 11.9. The van der Waals surface area contributed by atoms with Crippen molar-refractivity contribution in [3.8, 4) is 0 Å². The molecule has 194 valence electrons. The van der Waals surface area contributed by atoms with Gasteiger partial charge >= 0.3 is 12.1 Å². The number of benzene rings is 1. The first-order valence-electron chi connectivity index (χ1n) is 11.9. The molecule has 0 aliphatic carbocycles. The molecule has 3 saturated heterocycles. The molecule has 3 heterocycles. The smallest absolute Gasteiger partial charge is 0.410 e. The fraction of sp³-hybridized carbons (Fsp3) is 0.625. The van der Waals surface area contributed by atoms with Crippen LogP contribution in [-0.4, -0.2) is 90.5 Å². The maximum atomic E-state index is 11.9. The molecule has 3 aliphatic heterocycles. The van der Waals surface area contributed by atoms with Crippen LogP contribution in [0.3, 0.4) is 0 Å². The van der Waals surface area contributed by atoms with Gasteiger partial charge in [-0.25, -0.2) is 15.1 Å². The maximum absolute atomic E-state index is 11.9. The Bertz CT molecular complexity index is 833. The quantitative estimate of drug-likeness (QED) is 0.353. The normalized spacial score (nSPS) is 21.8. The third kappa shape index (κ3) is 8.37. The fourth-order valence-corrected chi connectivity index (χ4v) is 3.98. The second-order valence-corrected chi connectivity index (χ2v) is 9.58. The molecule has 35 heavy (non-hydrogen) atoms. The van der Waals surface area contributed by atoms with Crippen molar-refractivity contribution in [2.45, 2.75) is 58.0 Å². The Morgan fingerprint density at radius 1 is 1.20 bits per heavy atom. The van der Waals surface area contributed by atoms with Gasteiger partial charge in [0, 0.05) is 19.6 Å². The van der Waals surface area contributed by atoms with Gasteiger partial charge in [0.15, 0.2) is 0 Å². The maximum Gasteiger partial charge on any atom is 0.410 e. The number of amides is 4. The van der Waals surface area contributed by atoms with Gasteiger partial charge in [-0.2, -0.15) is 5.06 Å². The zero-order valence-electron chi connectivity index (χ0n) is 20.7. The van der Waals surface area contributed by atoms with Crippen LogP contribution < -0.4 is 5.48 Å². The molecule has 3 aliphatic rings. The zero-order valence-corrected chi connectivity index (χ0v) is 20.7. The number of nitrogens with zero attached hydrogens (tertiary/aromatic N) is 3. The molecule has 1 aromatic rings. The number of carbonyl (C=O) groups excluding carboxylic acids is 3. The number of morpholine rings is 1. The van der Waals surface area contributed by atoms with E-state index < -0.39 is 5.60 Å². The topological polar surface area (TPSA) is 110 Å². The van der Waals surface area contributed by atoms with Crippen molar-refractivity contribution in [2.75, 3.05) is 39.4 Å². The molecule has 11 heteroatoms. The summed E-state index contributed by atoms with van der Waals surface area (Å²) in [5.74, 6) is 0. The number of nitrogens with one attached hydrogen (secondary N) is 1. The van der Waals surface area contributed by atoms with Gasteiger partial charge in [0.1, 0.15) is 24.9 Å². The van der Waals surface area contributed by atoms with Crippen LogP contribution in [0.15, 0.2) is 30.3 Å².